The second-order valence-electron chi connectivity index (χ2n) is 7.62. The summed E-state index contributed by atoms with van der Waals surface area (Å²) < 4.78 is 0. The van der Waals surface area contributed by atoms with E-state index in [0.717, 1.165) is 42.7 Å². The Balaban J connectivity index is 1.41. The van der Waals surface area contributed by atoms with Gasteiger partial charge in [0.15, 0.2) is 0 Å². The van der Waals surface area contributed by atoms with Gasteiger partial charge in [-0.3, -0.25) is 14.5 Å². The van der Waals surface area contributed by atoms with E-state index in [2.05, 4.69) is 21.6 Å². The fourth-order valence-electron chi connectivity index (χ4n) is 3.63. The summed E-state index contributed by atoms with van der Waals surface area (Å²) in [5.41, 5.74) is 4.23. The van der Waals surface area contributed by atoms with E-state index >= 15 is 0 Å². The van der Waals surface area contributed by atoms with E-state index in [0.29, 0.717) is 13.1 Å². The van der Waals surface area contributed by atoms with Crippen molar-refractivity contribution < 1.29 is 9.59 Å². The summed E-state index contributed by atoms with van der Waals surface area (Å²) in [6.07, 6.45) is 1.58. The minimum Gasteiger partial charge on any atom is -0.352 e. The Bertz CT molecular complexity index is 812. The first-order valence-electron chi connectivity index (χ1n) is 9.92. The average molecular weight is 380 g/mol. The Kier molecular flexibility index (Phi) is 6.82. The zero-order chi connectivity index (χ0) is 19.9. The zero-order valence-electron chi connectivity index (χ0n) is 16.7. The van der Waals surface area contributed by atoms with E-state index < -0.39 is 0 Å². The largest absolute Gasteiger partial charge is 0.352 e. The molecule has 5 heteroatoms. The molecule has 2 N–H and O–H groups in total. The van der Waals surface area contributed by atoms with Gasteiger partial charge in [0.25, 0.3) is 0 Å². The van der Waals surface area contributed by atoms with Crippen molar-refractivity contribution in [2.75, 3.05) is 25.0 Å². The number of aryl methyl sites for hydroxylation is 2. The maximum absolute atomic E-state index is 12.4. The van der Waals surface area contributed by atoms with Crippen LogP contribution in [0.2, 0.25) is 0 Å². The van der Waals surface area contributed by atoms with Gasteiger partial charge in [-0.25, -0.2) is 0 Å². The maximum atomic E-state index is 12.4. The Labute approximate surface area is 167 Å². The van der Waals surface area contributed by atoms with Crippen molar-refractivity contribution in [3.05, 3.63) is 65.2 Å². The number of hydrogen-bond donors (Lipinski definition) is 2. The van der Waals surface area contributed by atoms with Gasteiger partial charge in [-0.1, -0.05) is 48.0 Å². The number of benzene rings is 2. The molecule has 1 aliphatic heterocycles. The molecule has 2 aromatic carbocycles. The first-order valence-corrected chi connectivity index (χ1v) is 9.92. The highest BCUT2D eigenvalue weighted by atomic mass is 16.2. The number of piperidine rings is 1. The Morgan fingerprint density at radius 3 is 2.43 bits per heavy atom. The number of carbonyl (C=O) groups is 2. The van der Waals surface area contributed by atoms with Crippen LogP contribution in [0.1, 0.15) is 29.5 Å². The van der Waals surface area contributed by atoms with Gasteiger partial charge in [0, 0.05) is 18.2 Å². The molecule has 28 heavy (non-hydrogen) atoms. The first kappa shape index (κ1) is 20.1. The van der Waals surface area contributed by atoms with Crippen LogP contribution in [-0.4, -0.2) is 36.3 Å². The molecule has 1 fully saturated rings. The predicted molar refractivity (Wildman–Crippen MR) is 112 cm³/mol. The number of nitrogens with one attached hydrogen (secondary N) is 2. The summed E-state index contributed by atoms with van der Waals surface area (Å²) in [6.45, 7) is 6.51. The summed E-state index contributed by atoms with van der Waals surface area (Å²) in [4.78, 5) is 26.9. The lowest BCUT2D eigenvalue weighted by Crippen LogP contribution is -2.43. The van der Waals surface area contributed by atoms with E-state index in [1.807, 2.05) is 56.3 Å². The quantitative estimate of drug-likeness (QED) is 0.810. The second-order valence-corrected chi connectivity index (χ2v) is 7.62. The van der Waals surface area contributed by atoms with Crippen molar-refractivity contribution >= 4 is 17.5 Å². The van der Waals surface area contributed by atoms with Gasteiger partial charge in [-0.15, -0.1) is 0 Å². The molecule has 1 saturated heterocycles. The summed E-state index contributed by atoms with van der Waals surface area (Å²) in [6, 6.07) is 16.0. The Morgan fingerprint density at radius 1 is 1.04 bits per heavy atom. The van der Waals surface area contributed by atoms with Crippen molar-refractivity contribution in [2.45, 2.75) is 33.2 Å². The van der Waals surface area contributed by atoms with Gasteiger partial charge in [-0.2, -0.15) is 0 Å². The smallest absolute Gasteiger partial charge is 0.238 e. The average Bonchev–Trinajstić information content (AvgIpc) is 2.69. The monoisotopic (exact) mass is 379 g/mol. The van der Waals surface area contributed by atoms with Crippen LogP contribution < -0.4 is 10.6 Å². The molecular formula is C23H29N3O2. The third-order valence-corrected chi connectivity index (χ3v) is 5.29. The van der Waals surface area contributed by atoms with Crippen LogP contribution in [0.15, 0.2) is 48.5 Å². The molecular weight excluding hydrogens is 350 g/mol. The van der Waals surface area contributed by atoms with Gasteiger partial charge >= 0.3 is 0 Å². The topological polar surface area (TPSA) is 61.4 Å². The van der Waals surface area contributed by atoms with Gasteiger partial charge in [0.05, 0.1) is 6.54 Å². The third kappa shape index (κ3) is 5.67. The van der Waals surface area contributed by atoms with Crippen LogP contribution in [0.4, 0.5) is 5.69 Å². The highest BCUT2D eigenvalue weighted by molar-refractivity contribution is 5.93. The molecule has 2 aromatic rings. The summed E-state index contributed by atoms with van der Waals surface area (Å²) in [5.74, 6) is 0.143. The summed E-state index contributed by atoms with van der Waals surface area (Å²) >= 11 is 0. The first-order chi connectivity index (χ1) is 13.5. The number of carbonyl (C=O) groups excluding carboxylic acids is 2. The number of likely N-dealkylation sites (tertiary alicyclic amines) is 1. The molecule has 1 heterocycles. The van der Waals surface area contributed by atoms with E-state index in [1.54, 1.807) is 0 Å². The standard InChI is InChI=1S/C23H29N3O2/c1-17-8-9-21(18(2)14-17)25-22(27)16-26-12-10-20(11-13-26)23(28)24-15-19-6-4-3-5-7-19/h3-9,14,20H,10-13,15-16H2,1-2H3,(H,24,28)(H,25,27). The van der Waals surface area contributed by atoms with Gasteiger partial charge in [0.2, 0.25) is 11.8 Å². The van der Waals surface area contributed by atoms with E-state index in [4.69, 9.17) is 0 Å². The minimum absolute atomic E-state index is 0.000989. The summed E-state index contributed by atoms with van der Waals surface area (Å²) in [5, 5.41) is 6.03. The van der Waals surface area contributed by atoms with Crippen molar-refractivity contribution in [3.63, 3.8) is 0 Å². The van der Waals surface area contributed by atoms with Crippen LogP contribution in [0.3, 0.4) is 0 Å². The highest BCUT2D eigenvalue weighted by Crippen LogP contribution is 2.19. The van der Waals surface area contributed by atoms with Gasteiger partial charge in [0.1, 0.15) is 0 Å². The fraction of sp³-hybridized carbons (Fsp3) is 0.391. The van der Waals surface area contributed by atoms with E-state index in [9.17, 15) is 9.59 Å². The number of rotatable bonds is 6. The minimum atomic E-state index is -0.000989. The fourth-order valence-corrected chi connectivity index (χ4v) is 3.63. The number of anilines is 1. The van der Waals surface area contributed by atoms with Crippen molar-refractivity contribution in [1.82, 2.24) is 10.2 Å². The molecule has 1 aliphatic rings. The van der Waals surface area contributed by atoms with Crippen molar-refractivity contribution in [3.8, 4) is 0 Å². The van der Waals surface area contributed by atoms with Gasteiger partial charge in [-0.05, 0) is 57.0 Å². The third-order valence-electron chi connectivity index (χ3n) is 5.29. The second kappa shape index (κ2) is 9.51. The molecule has 0 atom stereocenters. The number of amides is 2. The van der Waals surface area contributed by atoms with Crippen molar-refractivity contribution in [2.24, 2.45) is 5.92 Å². The molecule has 0 radical (unpaired) electrons. The summed E-state index contributed by atoms with van der Waals surface area (Å²) in [7, 11) is 0. The maximum Gasteiger partial charge on any atom is 0.238 e. The van der Waals surface area contributed by atoms with Crippen molar-refractivity contribution in [1.29, 1.82) is 0 Å². The molecule has 2 amide bonds. The van der Waals surface area contributed by atoms with Crippen LogP contribution in [0.5, 0.6) is 0 Å². The van der Waals surface area contributed by atoms with E-state index in [-0.39, 0.29) is 17.7 Å². The molecule has 0 bridgehead atoms. The molecule has 0 saturated carbocycles. The lowest BCUT2D eigenvalue weighted by molar-refractivity contribution is -0.126. The molecule has 0 aromatic heterocycles. The molecule has 0 aliphatic carbocycles. The highest BCUT2D eigenvalue weighted by Gasteiger charge is 2.25. The normalized spacial score (nSPS) is 15.2. The molecule has 0 unspecified atom stereocenters. The van der Waals surface area contributed by atoms with Crippen LogP contribution in [0.25, 0.3) is 0 Å². The Morgan fingerprint density at radius 2 is 1.75 bits per heavy atom. The van der Waals surface area contributed by atoms with Crippen LogP contribution in [0, 0.1) is 19.8 Å². The Hall–Kier alpha value is -2.66. The number of nitrogens with zero attached hydrogens (tertiary/aromatic N) is 1. The number of hydrogen-bond acceptors (Lipinski definition) is 3. The van der Waals surface area contributed by atoms with Crippen LogP contribution >= 0.6 is 0 Å². The zero-order valence-corrected chi connectivity index (χ0v) is 16.7. The van der Waals surface area contributed by atoms with E-state index in [1.165, 1.54) is 5.56 Å². The SMILES string of the molecule is Cc1ccc(NC(=O)CN2CCC(C(=O)NCc3ccccc3)CC2)c(C)c1. The van der Waals surface area contributed by atoms with Crippen LogP contribution in [-0.2, 0) is 16.1 Å². The molecule has 3 rings (SSSR count). The lowest BCUT2D eigenvalue weighted by Gasteiger charge is -2.30. The predicted octanol–water partition coefficient (Wildman–Crippen LogP) is 3.27. The lowest BCUT2D eigenvalue weighted by atomic mass is 9.96. The molecule has 0 spiro atoms. The molecule has 5 nitrogen and oxygen atoms in total. The molecule has 148 valence electrons. The van der Waals surface area contributed by atoms with Gasteiger partial charge < -0.3 is 10.6 Å².